The number of nitrogens with zero attached hydrogens (tertiary/aromatic N) is 2. The molecular weight excluding hydrogens is 294 g/mol. The van der Waals surface area contributed by atoms with Crippen molar-refractivity contribution in [1.82, 2.24) is 9.78 Å². The minimum Gasteiger partial charge on any atom is -0.382 e. The SMILES string of the molecule is CCn1ncc(NCC2(C(C)C)CC2)c(Br)c1=O. The molecule has 18 heavy (non-hydrogen) atoms. The van der Waals surface area contributed by atoms with Crippen LogP contribution in [0.2, 0.25) is 0 Å². The third-order valence-corrected chi connectivity index (χ3v) is 4.80. The van der Waals surface area contributed by atoms with E-state index in [0.29, 0.717) is 22.4 Å². The summed E-state index contributed by atoms with van der Waals surface area (Å²) >= 11 is 3.36. The molecule has 1 aromatic rings. The molecule has 0 atom stereocenters. The van der Waals surface area contributed by atoms with Crippen LogP contribution >= 0.6 is 15.9 Å². The predicted molar refractivity (Wildman–Crippen MR) is 76.9 cm³/mol. The zero-order valence-corrected chi connectivity index (χ0v) is 12.7. The van der Waals surface area contributed by atoms with Gasteiger partial charge in [-0.15, -0.1) is 0 Å². The van der Waals surface area contributed by atoms with Gasteiger partial charge in [0.15, 0.2) is 0 Å². The number of aromatic nitrogens is 2. The van der Waals surface area contributed by atoms with Gasteiger partial charge in [0.2, 0.25) is 0 Å². The Morgan fingerprint density at radius 1 is 1.56 bits per heavy atom. The van der Waals surface area contributed by atoms with Crippen molar-refractivity contribution in [3.63, 3.8) is 0 Å². The van der Waals surface area contributed by atoms with E-state index in [2.05, 4.69) is 40.2 Å². The highest BCUT2D eigenvalue weighted by Crippen LogP contribution is 2.51. The van der Waals surface area contributed by atoms with Crippen LogP contribution in [-0.2, 0) is 6.54 Å². The van der Waals surface area contributed by atoms with Crippen molar-refractivity contribution in [3.05, 3.63) is 21.0 Å². The number of rotatable bonds is 5. The first-order valence-electron chi connectivity index (χ1n) is 6.49. The number of aryl methyl sites for hydroxylation is 1. The molecule has 1 aromatic heterocycles. The van der Waals surface area contributed by atoms with Crippen LogP contribution in [0.5, 0.6) is 0 Å². The maximum atomic E-state index is 11.9. The number of nitrogens with one attached hydrogen (secondary N) is 1. The molecule has 2 rings (SSSR count). The van der Waals surface area contributed by atoms with Crippen molar-refractivity contribution in [1.29, 1.82) is 0 Å². The van der Waals surface area contributed by atoms with Crippen molar-refractivity contribution in [2.45, 2.75) is 40.2 Å². The topological polar surface area (TPSA) is 46.9 Å². The van der Waals surface area contributed by atoms with Crippen LogP contribution in [0, 0.1) is 11.3 Å². The summed E-state index contributed by atoms with van der Waals surface area (Å²) < 4.78 is 2.03. The lowest BCUT2D eigenvalue weighted by Gasteiger charge is -2.21. The molecule has 0 aromatic carbocycles. The van der Waals surface area contributed by atoms with Gasteiger partial charge in [-0.1, -0.05) is 13.8 Å². The van der Waals surface area contributed by atoms with E-state index in [4.69, 9.17) is 0 Å². The van der Waals surface area contributed by atoms with Gasteiger partial charge in [0.05, 0.1) is 11.9 Å². The minimum atomic E-state index is -0.0723. The molecule has 1 aliphatic carbocycles. The van der Waals surface area contributed by atoms with Crippen molar-refractivity contribution in [3.8, 4) is 0 Å². The molecule has 0 bridgehead atoms. The average Bonchev–Trinajstić information content (AvgIpc) is 3.12. The highest BCUT2D eigenvalue weighted by Gasteiger charge is 2.44. The lowest BCUT2D eigenvalue weighted by molar-refractivity contribution is 0.380. The summed E-state index contributed by atoms with van der Waals surface area (Å²) in [4.78, 5) is 11.9. The minimum absolute atomic E-state index is 0.0723. The summed E-state index contributed by atoms with van der Waals surface area (Å²) in [7, 11) is 0. The van der Waals surface area contributed by atoms with E-state index >= 15 is 0 Å². The smallest absolute Gasteiger partial charge is 0.283 e. The summed E-state index contributed by atoms with van der Waals surface area (Å²) in [6.45, 7) is 7.94. The monoisotopic (exact) mass is 313 g/mol. The van der Waals surface area contributed by atoms with Crippen LogP contribution in [-0.4, -0.2) is 16.3 Å². The molecule has 0 unspecified atom stereocenters. The fourth-order valence-electron chi connectivity index (χ4n) is 2.20. The number of halogens is 1. The van der Waals surface area contributed by atoms with Crippen LogP contribution in [0.1, 0.15) is 33.6 Å². The largest absolute Gasteiger partial charge is 0.382 e. The van der Waals surface area contributed by atoms with Crippen molar-refractivity contribution >= 4 is 21.6 Å². The van der Waals surface area contributed by atoms with Crippen LogP contribution < -0.4 is 10.9 Å². The molecule has 0 spiro atoms. The van der Waals surface area contributed by atoms with Gasteiger partial charge in [0.25, 0.3) is 5.56 Å². The van der Waals surface area contributed by atoms with E-state index in [-0.39, 0.29) is 5.56 Å². The van der Waals surface area contributed by atoms with Gasteiger partial charge in [-0.25, -0.2) is 4.68 Å². The van der Waals surface area contributed by atoms with Gasteiger partial charge in [0, 0.05) is 13.1 Å². The van der Waals surface area contributed by atoms with Gasteiger partial charge in [0.1, 0.15) is 4.47 Å². The molecule has 1 N–H and O–H groups in total. The lowest BCUT2D eigenvalue weighted by Crippen LogP contribution is -2.26. The summed E-state index contributed by atoms with van der Waals surface area (Å²) in [6, 6.07) is 0. The Labute approximate surface area is 116 Å². The summed E-state index contributed by atoms with van der Waals surface area (Å²) in [6.07, 6.45) is 4.27. The van der Waals surface area contributed by atoms with Crippen molar-refractivity contribution in [2.24, 2.45) is 11.3 Å². The Balaban J connectivity index is 2.11. The molecule has 0 amide bonds. The Kier molecular flexibility index (Phi) is 3.80. The second-order valence-corrected chi connectivity index (χ2v) is 6.16. The summed E-state index contributed by atoms with van der Waals surface area (Å²) in [5, 5.41) is 7.50. The molecule has 1 aliphatic rings. The Morgan fingerprint density at radius 3 is 2.72 bits per heavy atom. The molecule has 1 fully saturated rings. The molecule has 0 aliphatic heterocycles. The van der Waals surface area contributed by atoms with Gasteiger partial charge < -0.3 is 5.32 Å². The van der Waals surface area contributed by atoms with Gasteiger partial charge >= 0.3 is 0 Å². The Bertz CT molecular complexity index is 491. The van der Waals surface area contributed by atoms with E-state index in [1.807, 2.05) is 6.92 Å². The summed E-state index contributed by atoms with van der Waals surface area (Å²) in [5.74, 6) is 0.674. The molecule has 1 saturated carbocycles. The van der Waals surface area contributed by atoms with E-state index in [1.54, 1.807) is 6.20 Å². The second-order valence-electron chi connectivity index (χ2n) is 5.36. The highest BCUT2D eigenvalue weighted by atomic mass is 79.9. The molecule has 0 saturated heterocycles. The van der Waals surface area contributed by atoms with Crippen LogP contribution in [0.15, 0.2) is 15.5 Å². The molecule has 100 valence electrons. The molecule has 0 radical (unpaired) electrons. The third kappa shape index (κ3) is 2.46. The van der Waals surface area contributed by atoms with Gasteiger partial charge in [-0.2, -0.15) is 5.10 Å². The third-order valence-electron chi connectivity index (χ3n) is 4.03. The number of hydrogen-bond acceptors (Lipinski definition) is 3. The van der Waals surface area contributed by atoms with E-state index < -0.39 is 0 Å². The molecule has 5 heteroatoms. The van der Waals surface area contributed by atoms with Crippen LogP contribution in [0.3, 0.4) is 0 Å². The Hall–Kier alpha value is -0.840. The Morgan fingerprint density at radius 2 is 2.22 bits per heavy atom. The average molecular weight is 314 g/mol. The standard InChI is InChI=1S/C13H20BrN3O/c1-4-17-12(18)11(14)10(7-16-17)15-8-13(5-6-13)9(2)3/h7,9,15H,4-6,8H2,1-3H3. The molecule has 1 heterocycles. The van der Waals surface area contributed by atoms with Crippen LogP contribution in [0.4, 0.5) is 5.69 Å². The van der Waals surface area contributed by atoms with E-state index in [1.165, 1.54) is 17.5 Å². The van der Waals surface area contributed by atoms with Gasteiger partial charge in [-0.05, 0) is 47.0 Å². The number of anilines is 1. The first-order valence-corrected chi connectivity index (χ1v) is 7.29. The van der Waals surface area contributed by atoms with E-state index in [9.17, 15) is 4.79 Å². The zero-order chi connectivity index (χ0) is 13.3. The van der Waals surface area contributed by atoms with Gasteiger partial charge in [-0.3, -0.25) is 4.79 Å². The van der Waals surface area contributed by atoms with Crippen molar-refractivity contribution < 1.29 is 0 Å². The lowest BCUT2D eigenvalue weighted by atomic mass is 9.92. The highest BCUT2D eigenvalue weighted by molar-refractivity contribution is 9.10. The quantitative estimate of drug-likeness (QED) is 0.909. The molecular formula is C13H20BrN3O. The number of hydrogen-bond donors (Lipinski definition) is 1. The normalized spacial score (nSPS) is 16.9. The van der Waals surface area contributed by atoms with Crippen LogP contribution in [0.25, 0.3) is 0 Å². The predicted octanol–water partition coefficient (Wildman–Crippen LogP) is 2.87. The first kappa shape index (κ1) is 13.6. The maximum Gasteiger partial charge on any atom is 0.283 e. The van der Waals surface area contributed by atoms with E-state index in [0.717, 1.165) is 12.2 Å². The fourth-order valence-corrected chi connectivity index (χ4v) is 2.65. The zero-order valence-electron chi connectivity index (χ0n) is 11.2. The second kappa shape index (κ2) is 5.03. The molecule has 4 nitrogen and oxygen atoms in total. The van der Waals surface area contributed by atoms with Crippen molar-refractivity contribution in [2.75, 3.05) is 11.9 Å². The first-order chi connectivity index (χ1) is 8.50. The maximum absolute atomic E-state index is 11.9. The fraction of sp³-hybridized carbons (Fsp3) is 0.692. The summed E-state index contributed by atoms with van der Waals surface area (Å²) in [5.41, 5.74) is 1.15.